The molecular formula is C13H6Br2F2N2. The highest BCUT2D eigenvalue weighted by Crippen LogP contribution is 2.30. The maximum atomic E-state index is 13.6. The zero-order valence-electron chi connectivity index (χ0n) is 9.35. The highest BCUT2D eigenvalue weighted by molar-refractivity contribution is 9.10. The minimum absolute atomic E-state index is 0.0860. The van der Waals surface area contributed by atoms with Crippen molar-refractivity contribution in [3.63, 3.8) is 0 Å². The van der Waals surface area contributed by atoms with E-state index < -0.39 is 11.6 Å². The summed E-state index contributed by atoms with van der Waals surface area (Å²) in [6.07, 6.45) is 0. The van der Waals surface area contributed by atoms with E-state index in [1.807, 2.05) is 6.07 Å². The van der Waals surface area contributed by atoms with E-state index in [2.05, 4.69) is 37.2 Å². The predicted octanol–water partition coefficient (Wildman–Crippen LogP) is 5.11. The lowest BCUT2D eigenvalue weighted by molar-refractivity contribution is 0.581. The van der Waals surface area contributed by atoms with E-state index in [0.717, 1.165) is 6.07 Å². The molecule has 0 aliphatic carbocycles. The lowest BCUT2D eigenvalue weighted by atomic mass is 10.2. The van der Waals surface area contributed by atoms with Crippen molar-refractivity contribution >= 4 is 43.2 Å². The standard InChI is InChI=1S/C13H6Br2F2N2/c14-8-2-1-3-12(7(8)6-18)19-13-4-9(15)10(16)5-11(13)17/h1-5,19H. The van der Waals surface area contributed by atoms with Crippen LogP contribution in [0.25, 0.3) is 0 Å². The first-order valence-corrected chi connectivity index (χ1v) is 6.71. The van der Waals surface area contributed by atoms with Crippen molar-refractivity contribution in [2.24, 2.45) is 0 Å². The predicted molar refractivity (Wildman–Crippen MR) is 76.2 cm³/mol. The average molecular weight is 388 g/mol. The first-order valence-electron chi connectivity index (χ1n) is 5.13. The lowest BCUT2D eigenvalue weighted by Gasteiger charge is -2.11. The Hall–Kier alpha value is -1.45. The van der Waals surface area contributed by atoms with Crippen LogP contribution in [0.15, 0.2) is 39.3 Å². The lowest BCUT2D eigenvalue weighted by Crippen LogP contribution is -1.98. The van der Waals surface area contributed by atoms with Gasteiger partial charge < -0.3 is 5.32 Å². The Morgan fingerprint density at radius 2 is 1.74 bits per heavy atom. The van der Waals surface area contributed by atoms with Crippen LogP contribution >= 0.6 is 31.9 Å². The van der Waals surface area contributed by atoms with Gasteiger partial charge in [-0.15, -0.1) is 0 Å². The van der Waals surface area contributed by atoms with Crippen molar-refractivity contribution in [1.82, 2.24) is 0 Å². The number of anilines is 2. The Bertz CT molecular complexity index is 681. The molecular weight excluding hydrogens is 382 g/mol. The van der Waals surface area contributed by atoms with Crippen molar-refractivity contribution < 1.29 is 8.78 Å². The van der Waals surface area contributed by atoms with E-state index in [1.54, 1.807) is 18.2 Å². The molecule has 0 fully saturated rings. The van der Waals surface area contributed by atoms with Crippen LogP contribution in [0.5, 0.6) is 0 Å². The van der Waals surface area contributed by atoms with Gasteiger partial charge in [-0.3, -0.25) is 0 Å². The molecule has 2 nitrogen and oxygen atoms in total. The molecule has 0 bridgehead atoms. The molecule has 0 saturated carbocycles. The van der Waals surface area contributed by atoms with E-state index in [4.69, 9.17) is 5.26 Å². The van der Waals surface area contributed by atoms with Crippen LogP contribution in [-0.2, 0) is 0 Å². The third-order valence-electron chi connectivity index (χ3n) is 2.40. The average Bonchev–Trinajstić information content (AvgIpc) is 2.36. The van der Waals surface area contributed by atoms with Gasteiger partial charge in [-0.1, -0.05) is 6.07 Å². The zero-order valence-corrected chi connectivity index (χ0v) is 12.5. The van der Waals surface area contributed by atoms with Crippen molar-refractivity contribution in [1.29, 1.82) is 5.26 Å². The fourth-order valence-electron chi connectivity index (χ4n) is 1.51. The van der Waals surface area contributed by atoms with E-state index in [1.165, 1.54) is 6.07 Å². The van der Waals surface area contributed by atoms with Crippen molar-refractivity contribution in [2.45, 2.75) is 0 Å². The molecule has 6 heteroatoms. The molecule has 19 heavy (non-hydrogen) atoms. The normalized spacial score (nSPS) is 10.1. The fourth-order valence-corrected chi connectivity index (χ4v) is 2.30. The molecule has 0 amide bonds. The number of nitrogens with zero attached hydrogens (tertiary/aromatic N) is 1. The smallest absolute Gasteiger partial charge is 0.149 e. The first kappa shape index (κ1) is 14.0. The van der Waals surface area contributed by atoms with Crippen molar-refractivity contribution in [3.05, 3.63) is 56.5 Å². The third kappa shape index (κ3) is 2.94. The number of nitrogens with one attached hydrogen (secondary N) is 1. The monoisotopic (exact) mass is 386 g/mol. The summed E-state index contributed by atoms with van der Waals surface area (Å²) in [6.45, 7) is 0. The van der Waals surface area contributed by atoms with Crippen LogP contribution in [0, 0.1) is 23.0 Å². The third-order valence-corrected chi connectivity index (χ3v) is 3.67. The summed E-state index contributed by atoms with van der Waals surface area (Å²) >= 11 is 6.23. The molecule has 0 aliphatic rings. The number of halogens is 4. The Morgan fingerprint density at radius 1 is 1.00 bits per heavy atom. The molecule has 0 spiro atoms. The maximum absolute atomic E-state index is 13.6. The molecule has 0 atom stereocenters. The van der Waals surface area contributed by atoms with E-state index in [-0.39, 0.29) is 10.2 Å². The molecule has 0 saturated heterocycles. The highest BCUT2D eigenvalue weighted by atomic mass is 79.9. The highest BCUT2D eigenvalue weighted by Gasteiger charge is 2.11. The van der Waals surface area contributed by atoms with Gasteiger partial charge in [-0.2, -0.15) is 5.26 Å². The van der Waals surface area contributed by atoms with Crippen LogP contribution in [0.2, 0.25) is 0 Å². The van der Waals surface area contributed by atoms with E-state index >= 15 is 0 Å². The number of benzene rings is 2. The summed E-state index contributed by atoms with van der Waals surface area (Å²) in [6, 6.07) is 9.13. The number of hydrogen-bond donors (Lipinski definition) is 1. The number of rotatable bonds is 2. The van der Waals surface area contributed by atoms with Crippen LogP contribution in [0.1, 0.15) is 5.56 Å². The van der Waals surface area contributed by atoms with Gasteiger partial charge in [-0.05, 0) is 50.1 Å². The molecule has 1 N–H and O–H groups in total. The van der Waals surface area contributed by atoms with Crippen molar-refractivity contribution in [3.8, 4) is 6.07 Å². The van der Waals surface area contributed by atoms with Crippen LogP contribution in [0.4, 0.5) is 20.2 Å². The summed E-state index contributed by atoms with van der Waals surface area (Å²) in [5.41, 5.74) is 0.875. The second kappa shape index (κ2) is 5.68. The van der Waals surface area contributed by atoms with E-state index in [9.17, 15) is 8.78 Å². The largest absolute Gasteiger partial charge is 0.352 e. The SMILES string of the molecule is N#Cc1c(Br)cccc1Nc1cc(Br)c(F)cc1F. The molecule has 2 aromatic carbocycles. The van der Waals surface area contributed by atoms with E-state index in [0.29, 0.717) is 15.7 Å². The van der Waals surface area contributed by atoms with Gasteiger partial charge in [0.1, 0.15) is 17.7 Å². The van der Waals surface area contributed by atoms with Gasteiger partial charge in [0.2, 0.25) is 0 Å². The molecule has 0 unspecified atom stereocenters. The van der Waals surface area contributed by atoms with Gasteiger partial charge in [0.05, 0.1) is 21.4 Å². The minimum Gasteiger partial charge on any atom is -0.352 e. The van der Waals surface area contributed by atoms with Gasteiger partial charge in [0.15, 0.2) is 0 Å². The molecule has 0 aliphatic heterocycles. The van der Waals surface area contributed by atoms with Gasteiger partial charge in [0.25, 0.3) is 0 Å². The zero-order chi connectivity index (χ0) is 14.0. The molecule has 96 valence electrons. The Kier molecular flexibility index (Phi) is 4.17. The fraction of sp³-hybridized carbons (Fsp3) is 0. The van der Waals surface area contributed by atoms with Gasteiger partial charge in [0, 0.05) is 10.5 Å². The van der Waals surface area contributed by atoms with Crippen LogP contribution in [0.3, 0.4) is 0 Å². The molecule has 2 rings (SSSR count). The molecule has 2 aromatic rings. The summed E-state index contributed by atoms with van der Waals surface area (Å²) < 4.78 is 27.5. The first-order chi connectivity index (χ1) is 9.02. The van der Waals surface area contributed by atoms with Gasteiger partial charge >= 0.3 is 0 Å². The molecule has 0 heterocycles. The number of hydrogen-bond acceptors (Lipinski definition) is 2. The number of nitriles is 1. The summed E-state index contributed by atoms with van der Waals surface area (Å²) in [5.74, 6) is -1.41. The Balaban J connectivity index is 2.45. The Labute approximate surface area is 125 Å². The van der Waals surface area contributed by atoms with Crippen LogP contribution in [-0.4, -0.2) is 0 Å². The summed E-state index contributed by atoms with van der Waals surface area (Å²) in [7, 11) is 0. The second-order valence-electron chi connectivity index (χ2n) is 3.65. The second-order valence-corrected chi connectivity index (χ2v) is 5.35. The minimum atomic E-state index is -0.732. The summed E-state index contributed by atoms with van der Waals surface area (Å²) in [4.78, 5) is 0. The Morgan fingerprint density at radius 3 is 2.42 bits per heavy atom. The molecule has 0 radical (unpaired) electrons. The van der Waals surface area contributed by atoms with Crippen molar-refractivity contribution in [2.75, 3.05) is 5.32 Å². The quantitative estimate of drug-likeness (QED) is 0.727. The van der Waals surface area contributed by atoms with Crippen LogP contribution < -0.4 is 5.32 Å². The maximum Gasteiger partial charge on any atom is 0.149 e. The summed E-state index contributed by atoms with van der Waals surface area (Å²) in [5, 5.41) is 11.8. The topological polar surface area (TPSA) is 35.8 Å². The van der Waals surface area contributed by atoms with Gasteiger partial charge in [-0.25, -0.2) is 8.78 Å². The molecule has 0 aromatic heterocycles.